The standard InChI is InChI=1S/C24H25NO5/c1-15(2)14-29-19-8-9-20-16(3)21(24(28)30-22(20)12-19)13-23(27)25-11-10-17-4-6-18(26)7-5-17/h4-9,12,26H,1,10-11,13-14H2,2-3H3,(H,25,27). The van der Waals surface area contributed by atoms with Gasteiger partial charge < -0.3 is 19.6 Å². The average Bonchev–Trinajstić information content (AvgIpc) is 2.71. The van der Waals surface area contributed by atoms with E-state index in [2.05, 4.69) is 11.9 Å². The lowest BCUT2D eigenvalue weighted by atomic mass is 10.0. The molecule has 0 aliphatic rings. The van der Waals surface area contributed by atoms with Gasteiger partial charge in [0.25, 0.3) is 0 Å². The number of benzene rings is 2. The number of rotatable bonds is 8. The predicted octanol–water partition coefficient (Wildman–Crippen LogP) is 3.66. The Labute approximate surface area is 174 Å². The number of aryl methyl sites for hydroxylation is 1. The number of phenolic OH excluding ortho intramolecular Hbond substituents is 1. The Bertz CT molecular complexity index is 1130. The van der Waals surface area contributed by atoms with Crippen molar-refractivity contribution in [2.24, 2.45) is 0 Å². The van der Waals surface area contributed by atoms with E-state index in [1.54, 1.807) is 36.4 Å². The minimum Gasteiger partial charge on any atom is -0.508 e. The van der Waals surface area contributed by atoms with Gasteiger partial charge in [0, 0.05) is 18.0 Å². The van der Waals surface area contributed by atoms with Gasteiger partial charge in [0.2, 0.25) is 5.91 Å². The Morgan fingerprint density at radius 2 is 1.93 bits per heavy atom. The van der Waals surface area contributed by atoms with Crippen molar-refractivity contribution in [3.05, 3.63) is 81.7 Å². The third kappa shape index (κ3) is 5.29. The molecule has 0 spiro atoms. The van der Waals surface area contributed by atoms with Gasteiger partial charge in [0.05, 0.1) is 12.0 Å². The van der Waals surface area contributed by atoms with E-state index >= 15 is 0 Å². The molecule has 30 heavy (non-hydrogen) atoms. The number of fused-ring (bicyclic) bond motifs is 1. The van der Waals surface area contributed by atoms with Crippen LogP contribution in [0.25, 0.3) is 11.0 Å². The molecule has 0 unspecified atom stereocenters. The summed E-state index contributed by atoms with van der Waals surface area (Å²) in [7, 11) is 0. The summed E-state index contributed by atoms with van der Waals surface area (Å²) in [6.45, 7) is 8.30. The van der Waals surface area contributed by atoms with Gasteiger partial charge in [-0.15, -0.1) is 0 Å². The highest BCUT2D eigenvalue weighted by atomic mass is 16.5. The van der Waals surface area contributed by atoms with Gasteiger partial charge in [-0.2, -0.15) is 0 Å². The molecule has 1 amide bonds. The molecule has 6 heteroatoms. The Morgan fingerprint density at radius 3 is 2.63 bits per heavy atom. The molecule has 3 rings (SSSR count). The second kappa shape index (κ2) is 9.31. The molecule has 2 N–H and O–H groups in total. The maximum Gasteiger partial charge on any atom is 0.340 e. The van der Waals surface area contributed by atoms with Gasteiger partial charge in [-0.3, -0.25) is 4.79 Å². The summed E-state index contributed by atoms with van der Waals surface area (Å²) in [5.74, 6) is 0.550. The number of ether oxygens (including phenoxy) is 1. The van der Waals surface area contributed by atoms with Gasteiger partial charge in [0.1, 0.15) is 23.7 Å². The predicted molar refractivity (Wildman–Crippen MR) is 116 cm³/mol. The number of carbonyl (C=O) groups is 1. The van der Waals surface area contributed by atoms with Crippen LogP contribution in [0.3, 0.4) is 0 Å². The van der Waals surface area contributed by atoms with Crippen LogP contribution in [0.2, 0.25) is 0 Å². The monoisotopic (exact) mass is 407 g/mol. The fraction of sp³-hybridized carbons (Fsp3) is 0.250. The van der Waals surface area contributed by atoms with E-state index in [-0.39, 0.29) is 18.1 Å². The normalized spacial score (nSPS) is 10.7. The van der Waals surface area contributed by atoms with Crippen molar-refractivity contribution in [3.8, 4) is 11.5 Å². The van der Waals surface area contributed by atoms with E-state index in [0.717, 1.165) is 22.1 Å². The molecule has 3 aromatic rings. The minimum absolute atomic E-state index is 0.0480. The highest BCUT2D eigenvalue weighted by Gasteiger charge is 2.15. The summed E-state index contributed by atoms with van der Waals surface area (Å²) >= 11 is 0. The van der Waals surface area contributed by atoms with Crippen molar-refractivity contribution >= 4 is 16.9 Å². The van der Waals surface area contributed by atoms with E-state index < -0.39 is 5.63 Å². The van der Waals surface area contributed by atoms with E-state index in [0.29, 0.717) is 36.5 Å². The number of hydrogen-bond acceptors (Lipinski definition) is 5. The van der Waals surface area contributed by atoms with Crippen LogP contribution in [-0.4, -0.2) is 24.2 Å². The van der Waals surface area contributed by atoms with Crippen LogP contribution in [-0.2, 0) is 17.6 Å². The summed E-state index contributed by atoms with van der Waals surface area (Å²) in [5, 5.41) is 12.9. The highest BCUT2D eigenvalue weighted by Crippen LogP contribution is 2.24. The smallest absolute Gasteiger partial charge is 0.340 e. The number of hydrogen-bond donors (Lipinski definition) is 2. The molecule has 0 bridgehead atoms. The van der Waals surface area contributed by atoms with Crippen molar-refractivity contribution in [1.29, 1.82) is 0 Å². The van der Waals surface area contributed by atoms with Crippen molar-refractivity contribution in [2.75, 3.05) is 13.2 Å². The van der Waals surface area contributed by atoms with Gasteiger partial charge in [0.15, 0.2) is 0 Å². The lowest BCUT2D eigenvalue weighted by molar-refractivity contribution is -0.120. The second-order valence-electron chi connectivity index (χ2n) is 7.34. The van der Waals surface area contributed by atoms with Crippen LogP contribution in [0.5, 0.6) is 11.5 Å². The molecule has 6 nitrogen and oxygen atoms in total. The van der Waals surface area contributed by atoms with Crippen LogP contribution < -0.4 is 15.7 Å². The zero-order chi connectivity index (χ0) is 21.7. The molecule has 0 atom stereocenters. The average molecular weight is 407 g/mol. The van der Waals surface area contributed by atoms with Crippen LogP contribution in [0, 0.1) is 6.92 Å². The molecule has 1 aromatic heterocycles. The van der Waals surface area contributed by atoms with E-state index in [1.807, 2.05) is 19.9 Å². The summed E-state index contributed by atoms with van der Waals surface area (Å²) < 4.78 is 11.0. The summed E-state index contributed by atoms with van der Waals surface area (Å²) in [6.07, 6.45) is 0.581. The molecule has 0 saturated heterocycles. The SMILES string of the molecule is C=C(C)COc1ccc2c(C)c(CC(=O)NCCc3ccc(O)cc3)c(=O)oc2c1. The Balaban J connectivity index is 1.68. The van der Waals surface area contributed by atoms with E-state index in [9.17, 15) is 14.7 Å². The Kier molecular flexibility index (Phi) is 6.57. The van der Waals surface area contributed by atoms with Crippen LogP contribution in [0.15, 0.2) is 63.8 Å². The molecule has 0 saturated carbocycles. The van der Waals surface area contributed by atoms with Crippen LogP contribution in [0.4, 0.5) is 0 Å². The van der Waals surface area contributed by atoms with Crippen molar-refractivity contribution in [1.82, 2.24) is 5.32 Å². The van der Waals surface area contributed by atoms with E-state index in [1.165, 1.54) is 0 Å². The highest BCUT2D eigenvalue weighted by molar-refractivity contribution is 5.85. The fourth-order valence-electron chi connectivity index (χ4n) is 3.11. The molecule has 0 fully saturated rings. The second-order valence-corrected chi connectivity index (χ2v) is 7.34. The largest absolute Gasteiger partial charge is 0.508 e. The lowest BCUT2D eigenvalue weighted by Crippen LogP contribution is -2.29. The minimum atomic E-state index is -0.522. The molecule has 1 heterocycles. The molecular formula is C24H25NO5. The topological polar surface area (TPSA) is 88.8 Å². The Hall–Kier alpha value is -3.54. The quantitative estimate of drug-likeness (QED) is 0.439. The number of carbonyl (C=O) groups excluding carboxylic acids is 1. The molecule has 0 aliphatic heterocycles. The summed E-state index contributed by atoms with van der Waals surface area (Å²) in [4.78, 5) is 24.8. The number of phenols is 1. The van der Waals surface area contributed by atoms with Crippen molar-refractivity contribution in [2.45, 2.75) is 26.7 Å². The fourth-order valence-corrected chi connectivity index (χ4v) is 3.11. The first kappa shape index (κ1) is 21.2. The lowest BCUT2D eigenvalue weighted by Gasteiger charge is -2.10. The van der Waals surface area contributed by atoms with Gasteiger partial charge in [-0.1, -0.05) is 18.7 Å². The third-order valence-electron chi connectivity index (χ3n) is 4.75. The third-order valence-corrected chi connectivity index (χ3v) is 4.75. The number of amides is 1. The van der Waals surface area contributed by atoms with Crippen LogP contribution >= 0.6 is 0 Å². The van der Waals surface area contributed by atoms with E-state index in [4.69, 9.17) is 9.15 Å². The first-order valence-corrected chi connectivity index (χ1v) is 9.71. The molecule has 156 valence electrons. The molecule has 0 aliphatic carbocycles. The zero-order valence-corrected chi connectivity index (χ0v) is 17.2. The molecular weight excluding hydrogens is 382 g/mol. The van der Waals surface area contributed by atoms with Crippen molar-refractivity contribution in [3.63, 3.8) is 0 Å². The van der Waals surface area contributed by atoms with Crippen molar-refractivity contribution < 1.29 is 19.1 Å². The maximum atomic E-state index is 12.5. The first-order valence-electron chi connectivity index (χ1n) is 9.71. The first-order chi connectivity index (χ1) is 14.3. The van der Waals surface area contributed by atoms with Gasteiger partial charge in [-0.05, 0) is 61.2 Å². The van der Waals surface area contributed by atoms with Crippen LogP contribution in [0.1, 0.15) is 23.6 Å². The summed E-state index contributed by atoms with van der Waals surface area (Å²) in [6, 6.07) is 12.1. The maximum absolute atomic E-state index is 12.5. The number of nitrogens with one attached hydrogen (secondary N) is 1. The van der Waals surface area contributed by atoms with Gasteiger partial charge >= 0.3 is 5.63 Å². The molecule has 2 aromatic carbocycles. The zero-order valence-electron chi connectivity index (χ0n) is 17.2. The Morgan fingerprint density at radius 1 is 1.20 bits per heavy atom. The number of aromatic hydroxyl groups is 1. The molecule has 0 radical (unpaired) electrons. The van der Waals surface area contributed by atoms with Gasteiger partial charge in [-0.25, -0.2) is 4.79 Å². The summed E-state index contributed by atoms with van der Waals surface area (Å²) in [5.41, 5.74) is 2.86.